The fourth-order valence-electron chi connectivity index (χ4n) is 2.77. The van der Waals surface area contributed by atoms with E-state index in [-0.39, 0.29) is 5.56 Å². The van der Waals surface area contributed by atoms with Crippen LogP contribution in [-0.4, -0.2) is 53.2 Å². The molecular weight excluding hydrogens is 254 g/mol. The Morgan fingerprint density at radius 2 is 2.00 bits per heavy atom. The lowest BCUT2D eigenvalue weighted by Gasteiger charge is -2.38. The molecule has 112 valence electrons. The second-order valence-corrected chi connectivity index (χ2v) is 5.16. The molecule has 1 aliphatic rings. The quantitative estimate of drug-likeness (QED) is 0.829. The summed E-state index contributed by atoms with van der Waals surface area (Å²) in [6, 6.07) is 0.452. The predicted octanol–water partition coefficient (Wildman–Crippen LogP) is 0.123. The molecule has 1 unspecified atom stereocenters. The maximum Gasteiger partial charge on any atom is 0.293 e. The summed E-state index contributed by atoms with van der Waals surface area (Å²) in [6.45, 7) is 9.08. The van der Waals surface area contributed by atoms with Gasteiger partial charge in [-0.15, -0.1) is 0 Å². The van der Waals surface area contributed by atoms with E-state index >= 15 is 0 Å². The van der Waals surface area contributed by atoms with E-state index in [2.05, 4.69) is 21.7 Å². The Hall–Kier alpha value is -1.40. The van der Waals surface area contributed by atoms with Gasteiger partial charge in [-0.1, -0.05) is 6.92 Å². The van der Waals surface area contributed by atoms with Crippen molar-refractivity contribution in [3.05, 3.63) is 22.7 Å². The minimum Gasteiger partial charge on any atom is -0.349 e. The molecule has 1 aromatic heterocycles. The number of hydrogen-bond acceptors (Lipinski definition) is 5. The van der Waals surface area contributed by atoms with Gasteiger partial charge in [0.2, 0.25) is 0 Å². The Kier molecular flexibility index (Phi) is 5.14. The first-order valence-electron chi connectivity index (χ1n) is 7.45. The molecule has 6 heteroatoms. The third kappa shape index (κ3) is 3.02. The lowest BCUT2D eigenvalue weighted by molar-refractivity contribution is 0.184. The van der Waals surface area contributed by atoms with Gasteiger partial charge >= 0.3 is 0 Å². The van der Waals surface area contributed by atoms with E-state index < -0.39 is 0 Å². The summed E-state index contributed by atoms with van der Waals surface area (Å²) in [5.74, 6) is 0.579. The molecule has 2 N–H and O–H groups in total. The van der Waals surface area contributed by atoms with Crippen LogP contribution in [0.5, 0.6) is 0 Å². The number of anilines is 1. The van der Waals surface area contributed by atoms with E-state index in [4.69, 9.17) is 5.73 Å². The van der Waals surface area contributed by atoms with Crippen molar-refractivity contribution in [2.24, 2.45) is 5.73 Å². The van der Waals surface area contributed by atoms with Crippen molar-refractivity contribution in [1.82, 2.24) is 14.5 Å². The molecular formula is C14H25N5O. The zero-order chi connectivity index (χ0) is 14.5. The average molecular weight is 279 g/mol. The van der Waals surface area contributed by atoms with Crippen molar-refractivity contribution in [3.63, 3.8) is 0 Å². The number of aryl methyl sites for hydroxylation is 1. The number of piperazine rings is 1. The summed E-state index contributed by atoms with van der Waals surface area (Å²) in [5, 5.41) is 0. The minimum absolute atomic E-state index is 0.00863. The van der Waals surface area contributed by atoms with E-state index in [0.29, 0.717) is 24.9 Å². The van der Waals surface area contributed by atoms with Crippen LogP contribution in [0.1, 0.15) is 20.3 Å². The van der Waals surface area contributed by atoms with Crippen LogP contribution in [0.15, 0.2) is 17.2 Å². The van der Waals surface area contributed by atoms with E-state index in [9.17, 15) is 4.79 Å². The lowest BCUT2D eigenvalue weighted by atomic mass is 10.1. The molecule has 1 aromatic rings. The normalized spacial score (nSPS) is 18.2. The first-order valence-corrected chi connectivity index (χ1v) is 7.45. The third-order valence-corrected chi connectivity index (χ3v) is 4.11. The van der Waals surface area contributed by atoms with Crippen molar-refractivity contribution in [1.29, 1.82) is 0 Å². The Morgan fingerprint density at radius 3 is 2.55 bits per heavy atom. The number of rotatable bonds is 5. The molecule has 2 heterocycles. The second kappa shape index (κ2) is 6.85. The highest BCUT2D eigenvalue weighted by Gasteiger charge is 2.24. The molecule has 1 atom stereocenters. The minimum atomic E-state index is 0.00863. The maximum atomic E-state index is 12.3. The largest absolute Gasteiger partial charge is 0.349 e. The first kappa shape index (κ1) is 15.0. The van der Waals surface area contributed by atoms with Gasteiger partial charge in [0, 0.05) is 57.7 Å². The monoisotopic (exact) mass is 279 g/mol. The summed E-state index contributed by atoms with van der Waals surface area (Å²) in [6.07, 6.45) is 4.52. The first-order chi connectivity index (χ1) is 9.71. The fourth-order valence-corrected chi connectivity index (χ4v) is 2.77. The summed E-state index contributed by atoms with van der Waals surface area (Å²) in [4.78, 5) is 21.0. The van der Waals surface area contributed by atoms with Gasteiger partial charge in [0.25, 0.3) is 5.56 Å². The van der Waals surface area contributed by atoms with Gasteiger partial charge in [-0.25, -0.2) is 4.98 Å². The number of nitrogens with zero attached hydrogens (tertiary/aromatic N) is 4. The van der Waals surface area contributed by atoms with Crippen LogP contribution >= 0.6 is 0 Å². The van der Waals surface area contributed by atoms with Crippen molar-refractivity contribution >= 4 is 5.82 Å². The molecule has 1 aliphatic heterocycles. The highest BCUT2D eigenvalue weighted by Crippen LogP contribution is 2.12. The molecule has 20 heavy (non-hydrogen) atoms. The number of aromatic nitrogens is 2. The van der Waals surface area contributed by atoms with E-state index in [0.717, 1.165) is 32.6 Å². The molecule has 2 rings (SSSR count). The second-order valence-electron chi connectivity index (χ2n) is 5.16. The van der Waals surface area contributed by atoms with E-state index in [1.165, 1.54) is 0 Å². The summed E-state index contributed by atoms with van der Waals surface area (Å²) in [5.41, 5.74) is 5.81. The summed E-state index contributed by atoms with van der Waals surface area (Å²) < 4.78 is 1.70. The highest BCUT2D eigenvalue weighted by atomic mass is 16.1. The van der Waals surface area contributed by atoms with Gasteiger partial charge in [0.15, 0.2) is 5.82 Å². The van der Waals surface area contributed by atoms with Crippen LogP contribution in [0, 0.1) is 0 Å². The average Bonchev–Trinajstić information content (AvgIpc) is 2.50. The molecule has 0 bridgehead atoms. The highest BCUT2D eigenvalue weighted by molar-refractivity contribution is 5.36. The van der Waals surface area contributed by atoms with Crippen molar-refractivity contribution in [3.8, 4) is 0 Å². The zero-order valence-electron chi connectivity index (χ0n) is 12.5. The standard InChI is InChI=1S/C14H25N5O/c1-3-12(11-15)18-7-9-19(10-8-18)13-14(20)17(4-2)6-5-16-13/h5-6,12H,3-4,7-11,15H2,1-2H3. The van der Waals surface area contributed by atoms with Crippen LogP contribution in [0.25, 0.3) is 0 Å². The topological polar surface area (TPSA) is 67.4 Å². The SMILES string of the molecule is CCC(CN)N1CCN(c2nccn(CC)c2=O)CC1. The molecule has 1 fully saturated rings. The van der Waals surface area contributed by atoms with Crippen LogP contribution in [0.3, 0.4) is 0 Å². The van der Waals surface area contributed by atoms with Crippen molar-refractivity contribution < 1.29 is 0 Å². The maximum absolute atomic E-state index is 12.3. The molecule has 0 aromatic carbocycles. The predicted molar refractivity (Wildman–Crippen MR) is 81.1 cm³/mol. The van der Waals surface area contributed by atoms with Gasteiger partial charge in [0.05, 0.1) is 0 Å². The van der Waals surface area contributed by atoms with Gasteiger partial charge in [-0.2, -0.15) is 0 Å². The van der Waals surface area contributed by atoms with E-state index in [1.807, 2.05) is 6.92 Å². The van der Waals surface area contributed by atoms with Crippen LogP contribution < -0.4 is 16.2 Å². The Bertz CT molecular complexity index is 475. The fraction of sp³-hybridized carbons (Fsp3) is 0.714. The van der Waals surface area contributed by atoms with E-state index in [1.54, 1.807) is 17.0 Å². The molecule has 0 aliphatic carbocycles. The van der Waals surface area contributed by atoms with Gasteiger partial charge < -0.3 is 15.2 Å². The van der Waals surface area contributed by atoms with Crippen LogP contribution in [0.4, 0.5) is 5.82 Å². The van der Waals surface area contributed by atoms with Crippen molar-refractivity contribution in [2.45, 2.75) is 32.9 Å². The lowest BCUT2D eigenvalue weighted by Crippen LogP contribution is -2.53. The summed E-state index contributed by atoms with van der Waals surface area (Å²) in [7, 11) is 0. The molecule has 0 radical (unpaired) electrons. The van der Waals surface area contributed by atoms with Gasteiger partial charge in [-0.3, -0.25) is 9.69 Å². The number of nitrogens with two attached hydrogens (primary N) is 1. The van der Waals surface area contributed by atoms with Gasteiger partial charge in [-0.05, 0) is 13.3 Å². The zero-order valence-corrected chi connectivity index (χ0v) is 12.5. The Labute approximate surface area is 120 Å². The molecule has 0 amide bonds. The summed E-state index contributed by atoms with van der Waals surface area (Å²) >= 11 is 0. The van der Waals surface area contributed by atoms with Crippen LogP contribution in [0.2, 0.25) is 0 Å². The molecule has 6 nitrogen and oxygen atoms in total. The smallest absolute Gasteiger partial charge is 0.293 e. The molecule has 0 saturated carbocycles. The Morgan fingerprint density at radius 1 is 1.30 bits per heavy atom. The molecule has 0 spiro atoms. The Balaban J connectivity index is 2.06. The number of hydrogen-bond donors (Lipinski definition) is 1. The van der Waals surface area contributed by atoms with Crippen LogP contribution in [-0.2, 0) is 6.54 Å². The van der Waals surface area contributed by atoms with Gasteiger partial charge in [0.1, 0.15) is 0 Å². The third-order valence-electron chi connectivity index (χ3n) is 4.11. The van der Waals surface area contributed by atoms with Crippen molar-refractivity contribution in [2.75, 3.05) is 37.6 Å². The molecule has 1 saturated heterocycles.